The van der Waals surface area contributed by atoms with E-state index in [1.807, 2.05) is 25.1 Å². The minimum atomic E-state index is -0.922. The largest absolute Gasteiger partial charge is 0.451 e. The number of hydrogen-bond donors (Lipinski definition) is 0. The van der Waals surface area contributed by atoms with E-state index in [-0.39, 0.29) is 5.78 Å². The fourth-order valence-corrected chi connectivity index (χ4v) is 2.94. The number of nitrogens with zero attached hydrogens (tertiary/aromatic N) is 1. The molecule has 0 aromatic heterocycles. The Hall–Kier alpha value is -3.71. The molecule has 3 rings (SSSR count). The summed E-state index contributed by atoms with van der Waals surface area (Å²) in [6.07, 6.45) is -0.922. The van der Waals surface area contributed by atoms with Gasteiger partial charge in [-0.15, -0.1) is 0 Å². The summed E-state index contributed by atoms with van der Waals surface area (Å²) in [7, 11) is 0. The second kappa shape index (κ2) is 8.32. The first kappa shape index (κ1) is 19.1. The van der Waals surface area contributed by atoms with E-state index in [9.17, 15) is 14.9 Å². The summed E-state index contributed by atoms with van der Waals surface area (Å²) in [6, 6.07) is 23.2. The summed E-state index contributed by atoms with van der Waals surface area (Å²) in [6.45, 7) is 3.50. The number of carbonyl (C=O) groups excluding carboxylic acids is 2. The first-order chi connectivity index (χ1) is 13.5. The second-order valence-electron chi connectivity index (χ2n) is 6.48. The number of rotatable bonds is 5. The van der Waals surface area contributed by atoms with Gasteiger partial charge in [-0.05, 0) is 31.5 Å². The lowest BCUT2D eigenvalue weighted by molar-refractivity contribution is 0.0319. The zero-order valence-electron chi connectivity index (χ0n) is 15.7. The van der Waals surface area contributed by atoms with Gasteiger partial charge in [-0.1, -0.05) is 66.2 Å². The van der Waals surface area contributed by atoms with E-state index in [1.165, 1.54) is 0 Å². The third kappa shape index (κ3) is 3.99. The molecule has 138 valence electrons. The maximum atomic E-state index is 12.8. The van der Waals surface area contributed by atoms with Crippen LogP contribution in [-0.2, 0) is 4.74 Å². The maximum absolute atomic E-state index is 12.8. The quantitative estimate of drug-likeness (QED) is 0.471. The molecule has 0 spiro atoms. The van der Waals surface area contributed by atoms with Gasteiger partial charge in [0.25, 0.3) is 0 Å². The fourth-order valence-electron chi connectivity index (χ4n) is 2.94. The first-order valence-corrected chi connectivity index (χ1v) is 8.91. The third-order valence-corrected chi connectivity index (χ3v) is 4.47. The van der Waals surface area contributed by atoms with Crippen LogP contribution in [0, 0.1) is 18.3 Å². The lowest BCUT2D eigenvalue weighted by Crippen LogP contribution is -2.24. The highest BCUT2D eigenvalue weighted by Gasteiger charge is 2.22. The summed E-state index contributed by atoms with van der Waals surface area (Å²) in [5.41, 5.74) is 3.57. The van der Waals surface area contributed by atoms with Crippen LogP contribution in [0.5, 0.6) is 0 Å². The summed E-state index contributed by atoms with van der Waals surface area (Å²) in [5, 5.41) is 9.36. The molecular formula is C24H19NO3. The summed E-state index contributed by atoms with van der Waals surface area (Å²) < 4.78 is 5.45. The molecule has 0 aliphatic carbocycles. The van der Waals surface area contributed by atoms with Crippen LogP contribution in [0.2, 0.25) is 0 Å². The summed E-state index contributed by atoms with van der Waals surface area (Å²) in [5.74, 6) is -0.862. The van der Waals surface area contributed by atoms with Crippen LogP contribution in [0.4, 0.5) is 0 Å². The number of carbonyl (C=O) groups is 2. The van der Waals surface area contributed by atoms with Crippen molar-refractivity contribution >= 4 is 11.8 Å². The topological polar surface area (TPSA) is 67.2 Å². The molecular weight excluding hydrogens is 350 g/mol. The Balaban J connectivity index is 1.87. The number of Topliss-reactive ketones (excluding diaryl/α,β-unsaturated/α-hetero) is 1. The SMILES string of the molecule is Cc1ccc(C(=O)[C@@H](C)OC(=O)c2ccccc2-c2ccccc2C#N)cc1. The van der Waals surface area contributed by atoms with Crippen molar-refractivity contribution in [2.75, 3.05) is 0 Å². The molecule has 4 heteroatoms. The van der Waals surface area contributed by atoms with Crippen molar-refractivity contribution in [3.63, 3.8) is 0 Å². The number of esters is 1. The van der Waals surface area contributed by atoms with Crippen LogP contribution >= 0.6 is 0 Å². The lowest BCUT2D eigenvalue weighted by atomic mass is 9.96. The summed E-state index contributed by atoms with van der Waals surface area (Å²) in [4.78, 5) is 25.3. The first-order valence-electron chi connectivity index (χ1n) is 8.91. The number of ketones is 1. The average molecular weight is 369 g/mol. The number of aryl methyl sites for hydroxylation is 1. The predicted octanol–water partition coefficient (Wildman–Crippen LogP) is 4.96. The van der Waals surface area contributed by atoms with E-state index in [2.05, 4.69) is 6.07 Å². The Morgan fingerprint density at radius 3 is 2.18 bits per heavy atom. The van der Waals surface area contributed by atoms with Crippen molar-refractivity contribution in [2.45, 2.75) is 20.0 Å². The van der Waals surface area contributed by atoms with Gasteiger partial charge in [0.15, 0.2) is 6.10 Å². The maximum Gasteiger partial charge on any atom is 0.339 e. The van der Waals surface area contributed by atoms with Crippen LogP contribution in [0.1, 0.15) is 38.8 Å². The molecule has 0 aliphatic heterocycles. The molecule has 4 nitrogen and oxygen atoms in total. The van der Waals surface area contributed by atoms with Gasteiger partial charge in [0.1, 0.15) is 0 Å². The van der Waals surface area contributed by atoms with Gasteiger partial charge in [-0.3, -0.25) is 4.79 Å². The molecule has 3 aromatic rings. The molecule has 0 saturated heterocycles. The van der Waals surface area contributed by atoms with Crippen LogP contribution in [0.25, 0.3) is 11.1 Å². The van der Waals surface area contributed by atoms with E-state index < -0.39 is 12.1 Å². The lowest BCUT2D eigenvalue weighted by Gasteiger charge is -2.15. The van der Waals surface area contributed by atoms with Crippen molar-refractivity contribution in [1.82, 2.24) is 0 Å². The van der Waals surface area contributed by atoms with E-state index in [4.69, 9.17) is 4.74 Å². The van der Waals surface area contributed by atoms with Gasteiger partial charge < -0.3 is 4.74 Å². The van der Waals surface area contributed by atoms with Crippen molar-refractivity contribution in [1.29, 1.82) is 5.26 Å². The van der Waals surface area contributed by atoms with Crippen molar-refractivity contribution in [3.8, 4) is 17.2 Å². The van der Waals surface area contributed by atoms with E-state index in [0.717, 1.165) is 5.56 Å². The van der Waals surface area contributed by atoms with E-state index >= 15 is 0 Å². The highest BCUT2D eigenvalue weighted by atomic mass is 16.5. The van der Waals surface area contributed by atoms with Crippen LogP contribution in [-0.4, -0.2) is 17.9 Å². The molecule has 0 heterocycles. The van der Waals surface area contributed by atoms with E-state index in [1.54, 1.807) is 61.5 Å². The minimum absolute atomic E-state index is 0.261. The van der Waals surface area contributed by atoms with Crippen molar-refractivity contribution in [3.05, 3.63) is 95.1 Å². The summed E-state index contributed by atoms with van der Waals surface area (Å²) >= 11 is 0. The fraction of sp³-hybridized carbons (Fsp3) is 0.125. The molecule has 0 bridgehead atoms. The molecule has 0 radical (unpaired) electrons. The average Bonchev–Trinajstić information content (AvgIpc) is 2.73. The smallest absolute Gasteiger partial charge is 0.339 e. The molecule has 28 heavy (non-hydrogen) atoms. The monoisotopic (exact) mass is 369 g/mol. The Morgan fingerprint density at radius 1 is 0.893 bits per heavy atom. The highest BCUT2D eigenvalue weighted by molar-refractivity contribution is 6.03. The third-order valence-electron chi connectivity index (χ3n) is 4.47. The number of ether oxygens (including phenoxy) is 1. The minimum Gasteiger partial charge on any atom is -0.451 e. The molecule has 0 amide bonds. The molecule has 0 unspecified atom stereocenters. The van der Waals surface area contributed by atoms with Gasteiger partial charge >= 0.3 is 5.97 Å². The molecule has 3 aromatic carbocycles. The van der Waals surface area contributed by atoms with Crippen LogP contribution < -0.4 is 0 Å². The van der Waals surface area contributed by atoms with Gasteiger partial charge in [0.05, 0.1) is 17.2 Å². The van der Waals surface area contributed by atoms with Crippen molar-refractivity contribution in [2.24, 2.45) is 0 Å². The normalized spacial score (nSPS) is 11.3. The number of hydrogen-bond acceptors (Lipinski definition) is 4. The van der Waals surface area contributed by atoms with Gasteiger partial charge in [0, 0.05) is 11.1 Å². The van der Waals surface area contributed by atoms with Crippen LogP contribution in [0.15, 0.2) is 72.8 Å². The zero-order chi connectivity index (χ0) is 20.1. The number of benzene rings is 3. The Bertz CT molecular complexity index is 1060. The molecule has 0 N–H and O–H groups in total. The van der Waals surface area contributed by atoms with Crippen molar-refractivity contribution < 1.29 is 14.3 Å². The molecule has 1 atom stereocenters. The molecule has 0 saturated carbocycles. The van der Waals surface area contributed by atoms with E-state index in [0.29, 0.717) is 27.8 Å². The zero-order valence-corrected chi connectivity index (χ0v) is 15.7. The Kier molecular flexibility index (Phi) is 5.67. The van der Waals surface area contributed by atoms with Gasteiger partial charge in [-0.25, -0.2) is 4.79 Å². The second-order valence-corrected chi connectivity index (χ2v) is 6.48. The van der Waals surface area contributed by atoms with Gasteiger partial charge in [0.2, 0.25) is 5.78 Å². The van der Waals surface area contributed by atoms with Crippen LogP contribution in [0.3, 0.4) is 0 Å². The molecule has 0 fully saturated rings. The Labute approximate surface area is 164 Å². The molecule has 0 aliphatic rings. The Morgan fingerprint density at radius 2 is 1.50 bits per heavy atom. The standard InChI is InChI=1S/C24H19NO3/c1-16-11-13-18(14-12-16)23(26)17(2)28-24(27)22-10-6-5-9-21(22)20-8-4-3-7-19(20)15-25/h3-14,17H,1-2H3/t17-/m1/s1. The number of nitriles is 1. The van der Waals surface area contributed by atoms with Gasteiger partial charge in [-0.2, -0.15) is 5.26 Å². The predicted molar refractivity (Wildman–Crippen MR) is 107 cm³/mol. The highest BCUT2D eigenvalue weighted by Crippen LogP contribution is 2.27.